The van der Waals surface area contributed by atoms with E-state index in [1.807, 2.05) is 36.4 Å². The Hall–Kier alpha value is -3.84. The number of nitrogens with one attached hydrogen (secondary N) is 2. The summed E-state index contributed by atoms with van der Waals surface area (Å²) in [4.78, 5) is 36.1. The van der Waals surface area contributed by atoms with Crippen LogP contribution < -0.4 is 10.6 Å². The van der Waals surface area contributed by atoms with Crippen LogP contribution in [0.2, 0.25) is 5.02 Å². The summed E-state index contributed by atoms with van der Waals surface area (Å²) >= 11 is 6.28. The molecule has 35 heavy (non-hydrogen) atoms. The molecule has 1 aliphatic carbocycles. The van der Waals surface area contributed by atoms with Crippen LogP contribution in [0.4, 0.5) is 10.5 Å². The van der Waals surface area contributed by atoms with Gasteiger partial charge in [-0.15, -0.1) is 0 Å². The molecule has 0 aliphatic heterocycles. The van der Waals surface area contributed by atoms with Crippen molar-refractivity contribution in [2.75, 3.05) is 11.9 Å². The van der Waals surface area contributed by atoms with Gasteiger partial charge >= 0.3 is 12.1 Å². The molecule has 0 fully saturated rings. The summed E-state index contributed by atoms with van der Waals surface area (Å²) in [5.41, 5.74) is 5.05. The van der Waals surface area contributed by atoms with E-state index in [1.54, 1.807) is 6.92 Å². The SMILES string of the molecule is CC(NC(=O)c1ccc(NC(=O)OCC2c3ccccc3-c3ccccc32)c(Cl)c1)C(C)C(=O)O. The van der Waals surface area contributed by atoms with Gasteiger partial charge in [-0.3, -0.25) is 14.9 Å². The number of fused-ring (bicyclic) bond motifs is 3. The topological polar surface area (TPSA) is 105 Å². The fourth-order valence-corrected chi connectivity index (χ4v) is 4.36. The monoisotopic (exact) mass is 492 g/mol. The summed E-state index contributed by atoms with van der Waals surface area (Å²) in [6.07, 6.45) is -0.658. The van der Waals surface area contributed by atoms with Gasteiger partial charge in [-0.1, -0.05) is 60.1 Å². The molecule has 0 bridgehead atoms. The first kappa shape index (κ1) is 24.3. The van der Waals surface area contributed by atoms with Crippen LogP contribution in [-0.2, 0) is 9.53 Å². The summed E-state index contributed by atoms with van der Waals surface area (Å²) < 4.78 is 5.53. The third kappa shape index (κ3) is 5.15. The van der Waals surface area contributed by atoms with Gasteiger partial charge in [0.05, 0.1) is 16.6 Å². The Bertz CT molecular complexity index is 1250. The maximum absolute atomic E-state index is 12.5. The highest BCUT2D eigenvalue weighted by Crippen LogP contribution is 2.44. The first-order chi connectivity index (χ1) is 16.8. The normalized spacial score (nSPS) is 13.8. The number of halogens is 1. The van der Waals surface area contributed by atoms with Gasteiger partial charge in [-0.05, 0) is 54.3 Å². The zero-order valence-corrected chi connectivity index (χ0v) is 20.0. The third-order valence-corrected chi connectivity index (χ3v) is 6.62. The number of carboxylic acid groups (broad SMARTS) is 1. The molecular formula is C27H25ClN2O5. The van der Waals surface area contributed by atoms with Crippen molar-refractivity contribution in [2.45, 2.75) is 25.8 Å². The molecule has 0 saturated heterocycles. The van der Waals surface area contributed by atoms with Crippen LogP contribution >= 0.6 is 11.6 Å². The Labute approximate surface area is 208 Å². The molecule has 8 heteroatoms. The number of carbonyl (C=O) groups is 3. The summed E-state index contributed by atoms with van der Waals surface area (Å²) in [6.45, 7) is 3.30. The molecule has 180 valence electrons. The number of anilines is 1. The van der Waals surface area contributed by atoms with Gasteiger partial charge in [0.15, 0.2) is 0 Å². The fraction of sp³-hybridized carbons (Fsp3) is 0.222. The second-order valence-corrected chi connectivity index (χ2v) is 8.94. The third-order valence-electron chi connectivity index (χ3n) is 6.31. The second-order valence-electron chi connectivity index (χ2n) is 8.53. The van der Waals surface area contributed by atoms with Crippen molar-refractivity contribution in [1.82, 2.24) is 5.32 Å². The molecule has 1 aliphatic rings. The molecule has 2 unspecified atom stereocenters. The number of aliphatic carboxylic acids is 1. The predicted molar refractivity (Wildman–Crippen MR) is 134 cm³/mol. The lowest BCUT2D eigenvalue weighted by molar-refractivity contribution is -0.141. The Morgan fingerprint density at radius 3 is 2.14 bits per heavy atom. The standard InChI is InChI=1S/C27H25ClN2O5/c1-15(26(32)33)16(2)29-25(31)17-11-12-24(23(28)13-17)30-27(34)35-14-22-20-9-5-3-7-18(20)19-8-4-6-10-21(19)22/h3-13,15-16,22H,14H2,1-2H3,(H,29,31)(H,30,34)(H,32,33). The van der Waals surface area contributed by atoms with Crippen molar-refractivity contribution in [3.05, 3.63) is 88.4 Å². The van der Waals surface area contributed by atoms with Crippen molar-refractivity contribution in [3.63, 3.8) is 0 Å². The van der Waals surface area contributed by atoms with E-state index in [4.69, 9.17) is 21.4 Å². The predicted octanol–water partition coefficient (Wildman–Crippen LogP) is 5.54. The van der Waals surface area contributed by atoms with Gasteiger partial charge in [0, 0.05) is 17.5 Å². The average molecular weight is 493 g/mol. The minimum absolute atomic E-state index is 0.0649. The molecule has 0 radical (unpaired) electrons. The molecule has 4 rings (SSSR count). The minimum atomic E-state index is -1.00. The zero-order chi connectivity index (χ0) is 25.1. The van der Waals surface area contributed by atoms with Crippen molar-refractivity contribution in [2.24, 2.45) is 5.92 Å². The van der Waals surface area contributed by atoms with Crippen LogP contribution in [-0.4, -0.2) is 35.7 Å². The molecule has 2 amide bonds. The van der Waals surface area contributed by atoms with Crippen LogP contribution in [0.3, 0.4) is 0 Å². The Balaban J connectivity index is 1.39. The molecule has 0 saturated carbocycles. The quantitative estimate of drug-likeness (QED) is 0.401. The Kier molecular flexibility index (Phi) is 7.07. The Morgan fingerprint density at radius 1 is 0.971 bits per heavy atom. The van der Waals surface area contributed by atoms with Crippen LogP contribution in [0.1, 0.15) is 41.3 Å². The summed E-state index contributed by atoms with van der Waals surface area (Å²) in [5.74, 6) is -2.27. The smallest absolute Gasteiger partial charge is 0.411 e. The average Bonchev–Trinajstić information content (AvgIpc) is 3.17. The number of rotatable bonds is 7. The van der Waals surface area contributed by atoms with Crippen LogP contribution in [0.5, 0.6) is 0 Å². The lowest BCUT2D eigenvalue weighted by atomic mass is 9.98. The number of carboxylic acids is 1. The fourth-order valence-electron chi connectivity index (χ4n) is 4.13. The van der Waals surface area contributed by atoms with E-state index in [0.717, 1.165) is 22.3 Å². The van der Waals surface area contributed by atoms with E-state index in [2.05, 4.69) is 22.8 Å². The van der Waals surface area contributed by atoms with Gasteiger partial charge in [0.2, 0.25) is 0 Å². The maximum Gasteiger partial charge on any atom is 0.411 e. The summed E-state index contributed by atoms with van der Waals surface area (Å²) in [5, 5.41) is 14.5. The number of benzene rings is 3. The van der Waals surface area contributed by atoms with E-state index < -0.39 is 29.9 Å². The van der Waals surface area contributed by atoms with Gasteiger partial charge in [0.1, 0.15) is 6.61 Å². The summed E-state index contributed by atoms with van der Waals surface area (Å²) in [6, 6.07) is 20.0. The van der Waals surface area contributed by atoms with E-state index in [-0.39, 0.29) is 23.1 Å². The number of hydrogen-bond acceptors (Lipinski definition) is 4. The minimum Gasteiger partial charge on any atom is -0.481 e. The van der Waals surface area contributed by atoms with Gasteiger partial charge in [-0.2, -0.15) is 0 Å². The first-order valence-corrected chi connectivity index (χ1v) is 11.6. The molecule has 0 aromatic heterocycles. The summed E-state index contributed by atoms with van der Waals surface area (Å²) in [7, 11) is 0. The van der Waals surface area contributed by atoms with Crippen molar-refractivity contribution >= 4 is 35.3 Å². The van der Waals surface area contributed by atoms with E-state index in [1.165, 1.54) is 25.1 Å². The Morgan fingerprint density at radius 2 is 1.57 bits per heavy atom. The second kappa shape index (κ2) is 10.2. The molecule has 2 atom stereocenters. The maximum atomic E-state index is 12.5. The van der Waals surface area contributed by atoms with E-state index >= 15 is 0 Å². The molecular weight excluding hydrogens is 468 g/mol. The first-order valence-electron chi connectivity index (χ1n) is 11.2. The molecule has 0 heterocycles. The van der Waals surface area contributed by atoms with E-state index in [0.29, 0.717) is 5.69 Å². The van der Waals surface area contributed by atoms with Gasteiger partial charge < -0.3 is 15.2 Å². The van der Waals surface area contributed by atoms with Crippen molar-refractivity contribution < 1.29 is 24.2 Å². The number of carbonyl (C=O) groups excluding carboxylic acids is 2. The lowest BCUT2D eigenvalue weighted by Crippen LogP contribution is -2.40. The lowest BCUT2D eigenvalue weighted by Gasteiger charge is -2.18. The van der Waals surface area contributed by atoms with Crippen LogP contribution in [0, 0.1) is 5.92 Å². The highest BCUT2D eigenvalue weighted by molar-refractivity contribution is 6.34. The molecule has 0 spiro atoms. The highest BCUT2D eigenvalue weighted by Gasteiger charge is 2.29. The van der Waals surface area contributed by atoms with Crippen LogP contribution in [0.15, 0.2) is 66.7 Å². The molecule has 7 nitrogen and oxygen atoms in total. The van der Waals surface area contributed by atoms with Crippen molar-refractivity contribution in [3.8, 4) is 11.1 Å². The molecule has 3 N–H and O–H groups in total. The highest BCUT2D eigenvalue weighted by atomic mass is 35.5. The molecule has 3 aromatic carbocycles. The van der Waals surface area contributed by atoms with Crippen LogP contribution in [0.25, 0.3) is 11.1 Å². The largest absolute Gasteiger partial charge is 0.481 e. The zero-order valence-electron chi connectivity index (χ0n) is 19.2. The number of amides is 2. The van der Waals surface area contributed by atoms with E-state index in [9.17, 15) is 14.4 Å². The number of ether oxygens (including phenoxy) is 1. The van der Waals surface area contributed by atoms with Crippen molar-refractivity contribution in [1.29, 1.82) is 0 Å². The van der Waals surface area contributed by atoms with Gasteiger partial charge in [0.25, 0.3) is 5.91 Å². The van der Waals surface area contributed by atoms with Gasteiger partial charge in [-0.25, -0.2) is 4.79 Å². The molecule has 3 aromatic rings. The number of hydrogen-bond donors (Lipinski definition) is 3.